The fourth-order valence-electron chi connectivity index (χ4n) is 5.49. The number of carbonyl (C=O) groups is 4. The van der Waals surface area contributed by atoms with E-state index < -0.39 is 24.1 Å². The van der Waals surface area contributed by atoms with E-state index in [-0.39, 0.29) is 11.8 Å². The smallest absolute Gasteiger partial charge is 0.335 e. The van der Waals surface area contributed by atoms with Crippen molar-refractivity contribution in [2.45, 2.75) is 52.7 Å². The molecule has 0 spiro atoms. The first kappa shape index (κ1) is 42.4. The topological polar surface area (TPSA) is 190 Å². The van der Waals surface area contributed by atoms with Gasteiger partial charge in [-0.05, 0) is 51.0 Å². The molecule has 56 heavy (non-hydrogen) atoms. The van der Waals surface area contributed by atoms with Gasteiger partial charge in [-0.2, -0.15) is 0 Å². The van der Waals surface area contributed by atoms with Gasteiger partial charge in [-0.25, -0.2) is 19.6 Å². The number of benzene rings is 2. The SMILES string of the molecule is Cc1ccc(-c2nc3ccc(C)cn3c2CC(=O)N(C)C)cc1.Cc1ccc(-c2nc3ccc(C)cn3c2CC(=O)N(C)C)cc1.O=C(O)[C@H](O)[C@@H](O)C(=O)O. The minimum Gasteiger partial charge on any atom is -0.479 e. The molecular formula is C42H48N6O8. The van der Waals surface area contributed by atoms with Gasteiger partial charge in [0.15, 0.2) is 12.2 Å². The molecule has 0 saturated heterocycles. The van der Waals surface area contributed by atoms with Gasteiger partial charge < -0.3 is 39.0 Å². The van der Waals surface area contributed by atoms with Crippen molar-refractivity contribution in [3.63, 3.8) is 0 Å². The van der Waals surface area contributed by atoms with Crippen LogP contribution in [0.3, 0.4) is 0 Å². The van der Waals surface area contributed by atoms with Gasteiger partial charge in [0.1, 0.15) is 11.3 Å². The van der Waals surface area contributed by atoms with Crippen molar-refractivity contribution in [2.75, 3.05) is 28.2 Å². The van der Waals surface area contributed by atoms with Crippen LogP contribution in [0.1, 0.15) is 33.6 Å². The van der Waals surface area contributed by atoms with E-state index in [0.29, 0.717) is 12.8 Å². The van der Waals surface area contributed by atoms with Crippen LogP contribution in [0.5, 0.6) is 0 Å². The Morgan fingerprint density at radius 1 is 0.536 bits per heavy atom. The molecule has 6 aromatic rings. The molecule has 2 atom stereocenters. The van der Waals surface area contributed by atoms with Crippen molar-refractivity contribution in [3.8, 4) is 22.5 Å². The van der Waals surface area contributed by atoms with E-state index in [0.717, 1.165) is 56.3 Å². The van der Waals surface area contributed by atoms with Crippen molar-refractivity contribution in [1.29, 1.82) is 0 Å². The first-order chi connectivity index (χ1) is 26.4. The Hall–Kier alpha value is -6.38. The van der Waals surface area contributed by atoms with Crippen molar-refractivity contribution in [1.82, 2.24) is 28.6 Å². The average molecular weight is 765 g/mol. The van der Waals surface area contributed by atoms with Crippen LogP contribution < -0.4 is 0 Å². The van der Waals surface area contributed by atoms with E-state index in [1.165, 1.54) is 11.1 Å². The van der Waals surface area contributed by atoms with Crippen LogP contribution >= 0.6 is 0 Å². The summed E-state index contributed by atoms with van der Waals surface area (Å²) in [4.78, 5) is 56.8. The molecule has 0 aliphatic heterocycles. The van der Waals surface area contributed by atoms with Crippen molar-refractivity contribution >= 4 is 35.0 Å². The number of aromatic nitrogens is 4. The number of hydrogen-bond donors (Lipinski definition) is 4. The minimum absolute atomic E-state index is 0.0710. The number of hydrogen-bond acceptors (Lipinski definition) is 8. The molecule has 6 rings (SSSR count). The summed E-state index contributed by atoms with van der Waals surface area (Å²) < 4.78 is 4.07. The summed E-state index contributed by atoms with van der Waals surface area (Å²) in [6.45, 7) is 8.21. The van der Waals surface area contributed by atoms with E-state index in [4.69, 9.17) is 30.4 Å². The molecule has 0 fully saturated rings. The largest absolute Gasteiger partial charge is 0.479 e. The number of pyridine rings is 2. The fourth-order valence-corrected chi connectivity index (χ4v) is 5.49. The molecule has 0 radical (unpaired) electrons. The lowest BCUT2D eigenvalue weighted by Gasteiger charge is -2.11. The second-order valence-corrected chi connectivity index (χ2v) is 13.9. The summed E-state index contributed by atoms with van der Waals surface area (Å²) in [7, 11) is 7.12. The molecule has 4 aromatic heterocycles. The van der Waals surface area contributed by atoms with Crippen LogP contribution in [0.4, 0.5) is 0 Å². The number of carbonyl (C=O) groups excluding carboxylic acids is 2. The minimum atomic E-state index is -2.27. The van der Waals surface area contributed by atoms with E-state index in [1.54, 1.807) is 38.0 Å². The van der Waals surface area contributed by atoms with Gasteiger partial charge in [0, 0.05) is 51.7 Å². The molecule has 2 aromatic carbocycles. The lowest BCUT2D eigenvalue weighted by Crippen LogP contribution is -2.39. The first-order valence-electron chi connectivity index (χ1n) is 17.7. The molecule has 0 unspecified atom stereocenters. The van der Waals surface area contributed by atoms with E-state index in [9.17, 15) is 19.2 Å². The molecule has 0 saturated carbocycles. The monoisotopic (exact) mass is 764 g/mol. The third kappa shape index (κ3) is 10.4. The Labute approximate surface area is 324 Å². The number of imidazole rings is 2. The van der Waals surface area contributed by atoms with Crippen molar-refractivity contribution < 1.29 is 39.6 Å². The number of carboxylic acid groups (broad SMARTS) is 2. The fraction of sp³-hybridized carbons (Fsp3) is 0.286. The number of likely N-dealkylation sites (N-methyl/N-ethyl adjacent to an activating group) is 2. The molecule has 0 bridgehead atoms. The average Bonchev–Trinajstić information content (AvgIpc) is 3.69. The number of fused-ring (bicyclic) bond motifs is 2. The highest BCUT2D eigenvalue weighted by Crippen LogP contribution is 2.27. The molecule has 4 heterocycles. The van der Waals surface area contributed by atoms with Crippen LogP contribution in [0, 0.1) is 27.7 Å². The number of nitrogens with zero attached hydrogens (tertiary/aromatic N) is 6. The van der Waals surface area contributed by atoms with Crippen LogP contribution in [0.2, 0.25) is 0 Å². The zero-order chi connectivity index (χ0) is 41.4. The predicted molar refractivity (Wildman–Crippen MR) is 212 cm³/mol. The summed E-state index contributed by atoms with van der Waals surface area (Å²) in [5.41, 5.74) is 12.2. The lowest BCUT2D eigenvalue weighted by molar-refractivity contribution is -0.165. The van der Waals surface area contributed by atoms with Crippen molar-refractivity contribution in [2.24, 2.45) is 0 Å². The van der Waals surface area contributed by atoms with Gasteiger partial charge in [-0.3, -0.25) is 9.59 Å². The number of rotatable bonds is 9. The Kier molecular flexibility index (Phi) is 13.8. The Morgan fingerprint density at radius 3 is 1.12 bits per heavy atom. The number of carboxylic acids is 2. The maximum Gasteiger partial charge on any atom is 0.335 e. The van der Waals surface area contributed by atoms with E-state index >= 15 is 0 Å². The maximum absolute atomic E-state index is 12.3. The quantitative estimate of drug-likeness (QED) is 0.165. The molecule has 2 amide bonds. The highest BCUT2D eigenvalue weighted by molar-refractivity contribution is 5.83. The Morgan fingerprint density at radius 2 is 0.839 bits per heavy atom. The van der Waals surface area contributed by atoms with Gasteiger partial charge in [-0.15, -0.1) is 0 Å². The number of aryl methyl sites for hydroxylation is 4. The van der Waals surface area contributed by atoms with Crippen molar-refractivity contribution in [3.05, 3.63) is 119 Å². The molecule has 14 nitrogen and oxygen atoms in total. The van der Waals surface area contributed by atoms with E-state index in [2.05, 4.69) is 62.4 Å². The van der Waals surface area contributed by atoms with Crippen LogP contribution in [-0.2, 0) is 32.0 Å². The Balaban J connectivity index is 0.000000202. The lowest BCUT2D eigenvalue weighted by atomic mass is 10.1. The molecule has 0 aliphatic rings. The summed E-state index contributed by atoms with van der Waals surface area (Å²) in [6, 6.07) is 24.6. The second-order valence-electron chi connectivity index (χ2n) is 13.9. The molecule has 14 heteroatoms. The maximum atomic E-state index is 12.3. The first-order valence-corrected chi connectivity index (χ1v) is 17.7. The predicted octanol–water partition coefficient (Wildman–Crippen LogP) is 4.38. The molecule has 294 valence electrons. The highest BCUT2D eigenvalue weighted by Gasteiger charge is 2.29. The van der Waals surface area contributed by atoms with Gasteiger partial charge in [-0.1, -0.05) is 71.8 Å². The second kappa shape index (κ2) is 18.3. The molecular weight excluding hydrogens is 716 g/mol. The zero-order valence-corrected chi connectivity index (χ0v) is 32.8. The Bertz CT molecular complexity index is 2180. The van der Waals surface area contributed by atoms with Crippen LogP contribution in [-0.4, -0.2) is 113 Å². The van der Waals surface area contributed by atoms with Crippen LogP contribution in [0.25, 0.3) is 33.8 Å². The molecule has 0 aliphatic carbocycles. The third-order valence-electron chi connectivity index (χ3n) is 8.82. The standard InChI is InChI=1S/2C19H21N3O.C4H6O6/c2*1-13-5-8-15(9-6-13)19-16(11-18(23)21(3)4)22-12-14(2)7-10-17(22)20-19;5-1(3(7)8)2(6)4(9)10/h2*5-10,12H,11H2,1-4H3;1-2,5-6H,(H,7,8)(H,9,10)/t;;1-,2-/m..1/s1. The van der Waals surface area contributed by atoms with Gasteiger partial charge in [0.05, 0.1) is 35.6 Å². The summed E-state index contributed by atoms with van der Waals surface area (Å²) >= 11 is 0. The van der Waals surface area contributed by atoms with Gasteiger partial charge in [0.2, 0.25) is 11.8 Å². The third-order valence-corrected chi connectivity index (χ3v) is 8.82. The highest BCUT2D eigenvalue weighted by atomic mass is 16.4. The normalized spacial score (nSPS) is 11.8. The number of aliphatic hydroxyl groups excluding tert-OH is 2. The van der Waals surface area contributed by atoms with Gasteiger partial charge >= 0.3 is 11.9 Å². The van der Waals surface area contributed by atoms with Crippen LogP contribution in [0.15, 0.2) is 85.2 Å². The number of aliphatic hydroxyl groups is 2. The molecule has 4 N–H and O–H groups in total. The summed E-state index contributed by atoms with van der Waals surface area (Å²) in [6.07, 6.45) is 0.216. The zero-order valence-electron chi connectivity index (χ0n) is 32.8. The summed E-state index contributed by atoms with van der Waals surface area (Å²) in [5.74, 6) is -3.40. The van der Waals surface area contributed by atoms with Gasteiger partial charge in [0.25, 0.3) is 0 Å². The number of amides is 2. The number of aliphatic carboxylic acids is 2. The van der Waals surface area contributed by atoms with E-state index in [1.807, 2.05) is 59.3 Å². The summed E-state index contributed by atoms with van der Waals surface area (Å²) in [5, 5.41) is 32.5.